The molecule has 2 N–H and O–H groups in total. The molecule has 32 heavy (non-hydrogen) atoms. The third-order valence-electron chi connectivity index (χ3n) is 4.90. The average molecular weight is 444 g/mol. The number of hydrogen-bond donors (Lipinski definition) is 2. The zero-order chi connectivity index (χ0) is 23.3. The largest absolute Gasteiger partial charge is 0.448 e. The number of halogens is 1. The third-order valence-corrected chi connectivity index (χ3v) is 4.90. The number of rotatable bonds is 6. The molecule has 8 heteroatoms. The minimum atomic E-state index is -0.602. The summed E-state index contributed by atoms with van der Waals surface area (Å²) in [5.74, 6) is -1.35. The molecule has 3 aromatic rings. The van der Waals surface area contributed by atoms with Crippen LogP contribution in [0.2, 0.25) is 0 Å². The van der Waals surface area contributed by atoms with Crippen LogP contribution in [-0.4, -0.2) is 35.9 Å². The maximum atomic E-state index is 14.4. The van der Waals surface area contributed by atoms with Gasteiger partial charge in [-0.15, -0.1) is 0 Å². The van der Waals surface area contributed by atoms with Crippen LogP contribution in [0.3, 0.4) is 0 Å². The predicted octanol–water partition coefficient (Wildman–Crippen LogP) is 5.32. The fourth-order valence-corrected chi connectivity index (χ4v) is 3.41. The van der Waals surface area contributed by atoms with Crippen LogP contribution in [0, 0.1) is 12.7 Å². The van der Waals surface area contributed by atoms with Crippen LogP contribution in [0.5, 0.6) is 0 Å². The first-order valence-electron chi connectivity index (χ1n) is 10.8. The lowest BCUT2D eigenvalue weighted by Crippen LogP contribution is -2.29. The van der Waals surface area contributed by atoms with Gasteiger partial charge in [-0.1, -0.05) is 19.9 Å². The number of hydrogen-bond acceptors (Lipinski definition) is 6. The lowest BCUT2D eigenvalue weighted by molar-refractivity contribution is -0.138. The van der Waals surface area contributed by atoms with Crippen LogP contribution in [-0.2, 0) is 9.47 Å². The van der Waals surface area contributed by atoms with Gasteiger partial charge in [0.25, 0.3) is 5.91 Å². The van der Waals surface area contributed by atoms with Crippen LogP contribution in [0.25, 0.3) is 11.0 Å². The Bertz CT molecular complexity index is 1080. The number of carbonyl (C=O) groups excluding carboxylic acids is 1. The lowest BCUT2D eigenvalue weighted by Gasteiger charge is -2.17. The van der Waals surface area contributed by atoms with E-state index in [1.807, 2.05) is 34.6 Å². The van der Waals surface area contributed by atoms with Crippen molar-refractivity contribution in [1.82, 2.24) is 10.3 Å². The normalized spacial score (nSPS) is 17.0. The Balaban J connectivity index is 0.00000141. The minimum absolute atomic E-state index is 0.0712. The number of benzene rings is 1. The molecule has 2 aromatic heterocycles. The van der Waals surface area contributed by atoms with Gasteiger partial charge in [-0.3, -0.25) is 9.78 Å². The number of nitrogens with zero attached hydrogens (tertiary/aromatic N) is 1. The van der Waals surface area contributed by atoms with Crippen molar-refractivity contribution in [2.45, 2.75) is 52.9 Å². The minimum Gasteiger partial charge on any atom is -0.448 e. The van der Waals surface area contributed by atoms with Gasteiger partial charge in [0.15, 0.2) is 5.79 Å². The number of anilines is 2. The van der Waals surface area contributed by atoms with Crippen molar-refractivity contribution in [3.63, 3.8) is 0 Å². The maximum absolute atomic E-state index is 14.4. The molecule has 4 rings (SSSR count). The molecule has 0 radical (unpaired) electrons. The molecule has 172 valence electrons. The van der Waals surface area contributed by atoms with Crippen LogP contribution < -0.4 is 10.6 Å². The van der Waals surface area contributed by atoms with Crippen molar-refractivity contribution < 1.29 is 23.1 Å². The molecule has 1 saturated heterocycles. The highest BCUT2D eigenvalue weighted by Crippen LogP contribution is 2.33. The monoisotopic (exact) mass is 443 g/mol. The Kier molecular flexibility index (Phi) is 7.48. The summed E-state index contributed by atoms with van der Waals surface area (Å²) in [6.07, 6.45) is 3.67. The molecule has 1 amide bonds. The molecule has 1 fully saturated rings. The molecule has 1 aliphatic rings. The van der Waals surface area contributed by atoms with E-state index in [0.29, 0.717) is 36.2 Å². The lowest BCUT2D eigenvalue weighted by atomic mass is 10.2. The summed E-state index contributed by atoms with van der Waals surface area (Å²) in [5, 5.41) is 6.44. The number of nitrogens with one attached hydrogen (secondary N) is 2. The smallest absolute Gasteiger partial charge is 0.289 e. The highest BCUT2D eigenvalue weighted by molar-refractivity contribution is 6.07. The zero-order valence-electron chi connectivity index (χ0n) is 19.1. The third kappa shape index (κ3) is 5.44. The number of amides is 1. The number of carbonyl (C=O) groups is 1. The molecule has 1 aromatic carbocycles. The summed E-state index contributed by atoms with van der Waals surface area (Å²) in [4.78, 5) is 16.9. The fourth-order valence-electron chi connectivity index (χ4n) is 3.41. The molecule has 0 bridgehead atoms. The van der Waals surface area contributed by atoms with Gasteiger partial charge in [0.2, 0.25) is 5.76 Å². The molecule has 3 heterocycles. The number of furan rings is 1. The second kappa shape index (κ2) is 10.1. The van der Waals surface area contributed by atoms with Crippen LogP contribution in [0.15, 0.2) is 41.1 Å². The van der Waals surface area contributed by atoms with Crippen molar-refractivity contribution in [2.75, 3.05) is 18.5 Å². The van der Waals surface area contributed by atoms with Crippen molar-refractivity contribution in [3.8, 4) is 0 Å². The predicted molar refractivity (Wildman–Crippen MR) is 122 cm³/mol. The van der Waals surface area contributed by atoms with E-state index < -0.39 is 17.5 Å². The van der Waals surface area contributed by atoms with Crippen molar-refractivity contribution in [1.29, 1.82) is 0 Å². The maximum Gasteiger partial charge on any atom is 0.289 e. The Labute approximate surface area is 187 Å². The van der Waals surface area contributed by atoms with Crippen molar-refractivity contribution in [2.24, 2.45) is 0 Å². The van der Waals surface area contributed by atoms with E-state index in [1.165, 1.54) is 6.07 Å². The van der Waals surface area contributed by atoms with E-state index in [9.17, 15) is 9.18 Å². The second-order valence-corrected chi connectivity index (χ2v) is 7.78. The summed E-state index contributed by atoms with van der Waals surface area (Å²) in [7, 11) is 0. The van der Waals surface area contributed by atoms with E-state index >= 15 is 0 Å². The molecule has 0 aliphatic carbocycles. The zero-order valence-corrected chi connectivity index (χ0v) is 19.1. The van der Waals surface area contributed by atoms with E-state index in [1.54, 1.807) is 30.6 Å². The van der Waals surface area contributed by atoms with Gasteiger partial charge in [0.1, 0.15) is 17.1 Å². The number of aromatic nitrogens is 1. The fraction of sp³-hybridized carbons (Fsp3) is 0.417. The number of aryl methyl sites for hydroxylation is 1. The van der Waals surface area contributed by atoms with Gasteiger partial charge in [-0.2, -0.15) is 0 Å². The standard InChI is InChI=1S/C22H24FN3O4.C2H6/c1-13-4-5-17(16(23)10-13)26-19-15-11-24-8-7-18(15)29-20(19)21(27)25-9-6-14-12-28-22(2,3)30-14;1-2/h4-5,7-8,10-11,14,26H,6,9,12H2,1-3H3,(H,25,27);1-2H3. The first kappa shape index (κ1) is 23.7. The molecular weight excluding hydrogens is 413 g/mol. The molecule has 1 aliphatic heterocycles. The Hall–Kier alpha value is -2.97. The van der Waals surface area contributed by atoms with Gasteiger partial charge in [-0.25, -0.2) is 4.39 Å². The highest BCUT2D eigenvalue weighted by atomic mass is 19.1. The topological polar surface area (TPSA) is 85.6 Å². The second-order valence-electron chi connectivity index (χ2n) is 7.78. The number of ether oxygens (including phenoxy) is 2. The molecular formula is C24H30FN3O4. The Morgan fingerprint density at radius 2 is 2.06 bits per heavy atom. The van der Waals surface area contributed by atoms with Gasteiger partial charge in [-0.05, 0) is 51.0 Å². The summed E-state index contributed by atoms with van der Waals surface area (Å²) < 4.78 is 31.4. The summed E-state index contributed by atoms with van der Waals surface area (Å²) in [6, 6.07) is 6.50. The van der Waals surface area contributed by atoms with Crippen molar-refractivity contribution in [3.05, 3.63) is 53.8 Å². The Morgan fingerprint density at radius 3 is 2.75 bits per heavy atom. The van der Waals surface area contributed by atoms with E-state index in [2.05, 4.69) is 15.6 Å². The quantitative estimate of drug-likeness (QED) is 0.537. The number of fused-ring (bicyclic) bond motifs is 1. The van der Waals surface area contributed by atoms with E-state index in [0.717, 1.165) is 5.56 Å². The summed E-state index contributed by atoms with van der Waals surface area (Å²) in [6.45, 7) is 10.4. The SMILES string of the molecule is CC.Cc1ccc(Nc2c(C(=O)NCCC3COC(C)(C)O3)oc3ccncc23)c(F)c1. The van der Waals surface area contributed by atoms with E-state index in [4.69, 9.17) is 13.9 Å². The molecule has 1 unspecified atom stereocenters. The van der Waals surface area contributed by atoms with Crippen LogP contribution >= 0.6 is 0 Å². The van der Waals surface area contributed by atoms with E-state index in [-0.39, 0.29) is 17.6 Å². The first-order chi connectivity index (χ1) is 15.3. The van der Waals surface area contributed by atoms with Gasteiger partial charge in [0.05, 0.1) is 23.8 Å². The molecule has 1 atom stereocenters. The molecule has 7 nitrogen and oxygen atoms in total. The first-order valence-corrected chi connectivity index (χ1v) is 10.8. The van der Waals surface area contributed by atoms with Crippen LogP contribution in [0.4, 0.5) is 15.8 Å². The summed E-state index contributed by atoms with van der Waals surface area (Å²) >= 11 is 0. The highest BCUT2D eigenvalue weighted by Gasteiger charge is 2.32. The molecule has 0 spiro atoms. The Morgan fingerprint density at radius 1 is 1.28 bits per heavy atom. The van der Waals surface area contributed by atoms with Crippen molar-refractivity contribution >= 4 is 28.3 Å². The van der Waals surface area contributed by atoms with Gasteiger partial charge < -0.3 is 24.5 Å². The van der Waals surface area contributed by atoms with Crippen LogP contribution in [0.1, 0.15) is 50.2 Å². The van der Waals surface area contributed by atoms with Gasteiger partial charge in [0, 0.05) is 18.9 Å². The average Bonchev–Trinajstić information content (AvgIpc) is 3.31. The van der Waals surface area contributed by atoms with Gasteiger partial charge >= 0.3 is 0 Å². The molecule has 0 saturated carbocycles. The number of pyridine rings is 1. The summed E-state index contributed by atoms with van der Waals surface area (Å²) in [5.41, 5.74) is 1.91.